The normalized spacial score (nSPS) is 11.1. The monoisotopic (exact) mass is 194 g/mol. The van der Waals surface area contributed by atoms with E-state index in [-0.39, 0.29) is 12.4 Å². The van der Waals surface area contributed by atoms with Crippen LogP contribution in [0.5, 0.6) is 0 Å². The van der Waals surface area contributed by atoms with E-state index >= 15 is 0 Å². The molecule has 0 aromatic heterocycles. The molecular formula is C10H11FN2O. The zero-order valence-corrected chi connectivity index (χ0v) is 7.50. The highest BCUT2D eigenvalue weighted by atomic mass is 19.1. The van der Waals surface area contributed by atoms with E-state index in [0.29, 0.717) is 11.3 Å². The molecule has 0 spiro atoms. The maximum absolute atomic E-state index is 13.0. The van der Waals surface area contributed by atoms with E-state index in [2.05, 4.69) is 5.32 Å². The summed E-state index contributed by atoms with van der Waals surface area (Å²) in [6, 6.07) is 6.19. The van der Waals surface area contributed by atoms with Gasteiger partial charge in [0.05, 0.1) is 12.3 Å². The molecule has 3 nitrogen and oxygen atoms in total. The predicted molar refractivity (Wildman–Crippen MR) is 54.0 cm³/mol. The molecule has 0 fully saturated rings. The highest BCUT2D eigenvalue weighted by Gasteiger charge is 1.97. The van der Waals surface area contributed by atoms with Crippen LogP contribution in [-0.2, 0) is 0 Å². The zero-order chi connectivity index (χ0) is 10.4. The van der Waals surface area contributed by atoms with Gasteiger partial charge in [0.15, 0.2) is 0 Å². The lowest BCUT2D eigenvalue weighted by Crippen LogP contribution is -1.98. The first-order chi connectivity index (χ1) is 6.77. The van der Waals surface area contributed by atoms with Crippen molar-refractivity contribution in [3.05, 3.63) is 41.9 Å². The molecule has 0 amide bonds. The summed E-state index contributed by atoms with van der Waals surface area (Å²) in [4.78, 5) is 0. The number of halogens is 1. The number of para-hydroxylation sites is 1. The fourth-order valence-corrected chi connectivity index (χ4v) is 0.882. The van der Waals surface area contributed by atoms with Gasteiger partial charge in [-0.15, -0.1) is 0 Å². The molecule has 0 radical (unpaired) electrons. The molecule has 0 heterocycles. The van der Waals surface area contributed by atoms with Crippen LogP contribution in [-0.4, -0.2) is 17.9 Å². The molecule has 74 valence electrons. The van der Waals surface area contributed by atoms with Gasteiger partial charge in [0.1, 0.15) is 5.82 Å². The van der Waals surface area contributed by atoms with E-state index < -0.39 is 0 Å². The molecule has 1 aromatic rings. The second kappa shape index (κ2) is 5.14. The summed E-state index contributed by atoms with van der Waals surface area (Å²) in [5, 5.41) is 18.3. The number of aliphatic hydroxyl groups is 1. The lowest BCUT2D eigenvalue weighted by Gasteiger charge is -2.02. The molecule has 3 N–H and O–H groups in total. The molecule has 0 bridgehead atoms. The quantitative estimate of drug-likeness (QED) is 0.640. The molecule has 1 aromatic carbocycles. The number of hydrogen-bond donors (Lipinski definition) is 3. The van der Waals surface area contributed by atoms with Gasteiger partial charge in [0, 0.05) is 18.0 Å². The van der Waals surface area contributed by atoms with Crippen molar-refractivity contribution in [2.24, 2.45) is 0 Å². The number of anilines is 1. The summed E-state index contributed by atoms with van der Waals surface area (Å²) < 4.78 is 13.0. The van der Waals surface area contributed by atoms with Crippen molar-refractivity contribution in [3.8, 4) is 0 Å². The van der Waals surface area contributed by atoms with E-state index in [1.165, 1.54) is 12.3 Å². The fraction of sp³-hybridized carbons (Fsp3) is 0.100. The Morgan fingerprint density at radius 1 is 1.50 bits per heavy atom. The summed E-state index contributed by atoms with van der Waals surface area (Å²) in [5.41, 5.74) is 0.702. The van der Waals surface area contributed by atoms with E-state index in [4.69, 9.17) is 10.5 Å². The van der Waals surface area contributed by atoms with Crippen LogP contribution in [0.2, 0.25) is 0 Å². The van der Waals surface area contributed by atoms with Crippen molar-refractivity contribution >= 4 is 11.9 Å². The highest BCUT2D eigenvalue weighted by molar-refractivity contribution is 5.76. The summed E-state index contributed by atoms with van der Waals surface area (Å²) in [5.74, 6) is -0.369. The van der Waals surface area contributed by atoms with Gasteiger partial charge in [-0.05, 0) is 12.1 Å². The van der Waals surface area contributed by atoms with Crippen molar-refractivity contribution in [2.45, 2.75) is 0 Å². The van der Waals surface area contributed by atoms with Crippen molar-refractivity contribution in [1.82, 2.24) is 0 Å². The van der Waals surface area contributed by atoms with E-state index in [1.807, 2.05) is 0 Å². The van der Waals surface area contributed by atoms with Crippen LogP contribution in [0.25, 0.3) is 0 Å². The third kappa shape index (κ3) is 2.67. The largest absolute Gasteiger partial charge is 0.392 e. The van der Waals surface area contributed by atoms with E-state index in [0.717, 1.165) is 6.21 Å². The van der Waals surface area contributed by atoms with Crippen LogP contribution in [0.1, 0.15) is 0 Å². The second-order valence-corrected chi connectivity index (χ2v) is 2.65. The molecule has 0 aliphatic carbocycles. The average Bonchev–Trinajstić information content (AvgIpc) is 2.22. The lowest BCUT2D eigenvalue weighted by atomic mass is 10.3. The SMILES string of the molecule is N=C/C(=C\Nc1ccccc1F)CO. The summed E-state index contributed by atoms with van der Waals surface area (Å²) in [6.45, 7) is -0.245. The van der Waals surface area contributed by atoms with Crippen molar-refractivity contribution in [3.63, 3.8) is 0 Å². The van der Waals surface area contributed by atoms with Crippen LogP contribution >= 0.6 is 0 Å². The number of hydrogen-bond acceptors (Lipinski definition) is 3. The predicted octanol–water partition coefficient (Wildman–Crippen LogP) is 1.76. The van der Waals surface area contributed by atoms with Gasteiger partial charge >= 0.3 is 0 Å². The summed E-state index contributed by atoms with van der Waals surface area (Å²) >= 11 is 0. The molecular weight excluding hydrogens is 183 g/mol. The smallest absolute Gasteiger partial charge is 0.146 e. The molecule has 1 rings (SSSR count). The maximum atomic E-state index is 13.0. The number of nitrogens with one attached hydrogen (secondary N) is 2. The average molecular weight is 194 g/mol. The van der Waals surface area contributed by atoms with Crippen molar-refractivity contribution in [1.29, 1.82) is 5.41 Å². The van der Waals surface area contributed by atoms with Crippen molar-refractivity contribution < 1.29 is 9.50 Å². The Balaban J connectivity index is 2.74. The zero-order valence-electron chi connectivity index (χ0n) is 7.50. The molecule has 14 heavy (non-hydrogen) atoms. The molecule has 0 atom stereocenters. The first kappa shape index (κ1) is 10.4. The van der Waals surface area contributed by atoms with Gasteiger partial charge in [-0.3, -0.25) is 0 Å². The Labute approximate surface area is 81.4 Å². The Morgan fingerprint density at radius 3 is 2.79 bits per heavy atom. The Hall–Kier alpha value is -1.68. The minimum Gasteiger partial charge on any atom is -0.392 e. The van der Waals surface area contributed by atoms with Gasteiger partial charge in [0.25, 0.3) is 0 Å². The fourth-order valence-electron chi connectivity index (χ4n) is 0.882. The minimum atomic E-state index is -0.369. The summed E-state index contributed by atoms with van der Waals surface area (Å²) in [6.07, 6.45) is 2.40. The Morgan fingerprint density at radius 2 is 2.21 bits per heavy atom. The van der Waals surface area contributed by atoms with Crippen LogP contribution < -0.4 is 5.32 Å². The molecule has 0 saturated carbocycles. The second-order valence-electron chi connectivity index (χ2n) is 2.65. The summed E-state index contributed by atoms with van der Waals surface area (Å²) in [7, 11) is 0. The number of aliphatic hydroxyl groups excluding tert-OH is 1. The van der Waals surface area contributed by atoms with Crippen LogP contribution in [0.15, 0.2) is 36.0 Å². The Bertz CT molecular complexity index is 350. The van der Waals surface area contributed by atoms with E-state index in [9.17, 15) is 4.39 Å². The third-order valence-corrected chi connectivity index (χ3v) is 1.65. The molecule has 0 unspecified atom stereocenters. The molecule has 4 heteroatoms. The van der Waals surface area contributed by atoms with Gasteiger partial charge in [0.2, 0.25) is 0 Å². The van der Waals surface area contributed by atoms with Crippen molar-refractivity contribution in [2.75, 3.05) is 11.9 Å². The lowest BCUT2D eigenvalue weighted by molar-refractivity contribution is 0.337. The van der Waals surface area contributed by atoms with Gasteiger partial charge in [-0.25, -0.2) is 4.39 Å². The van der Waals surface area contributed by atoms with Gasteiger partial charge in [-0.2, -0.15) is 0 Å². The maximum Gasteiger partial charge on any atom is 0.146 e. The van der Waals surface area contributed by atoms with Crippen LogP contribution in [0.3, 0.4) is 0 Å². The van der Waals surface area contributed by atoms with E-state index in [1.54, 1.807) is 18.2 Å². The number of rotatable bonds is 4. The number of benzene rings is 1. The third-order valence-electron chi connectivity index (χ3n) is 1.65. The Kier molecular flexibility index (Phi) is 3.82. The van der Waals surface area contributed by atoms with Gasteiger partial charge in [-0.1, -0.05) is 12.1 Å². The topological polar surface area (TPSA) is 56.1 Å². The minimum absolute atomic E-state index is 0.245. The molecule has 0 aliphatic heterocycles. The highest BCUT2D eigenvalue weighted by Crippen LogP contribution is 2.12. The van der Waals surface area contributed by atoms with Crippen LogP contribution in [0, 0.1) is 11.2 Å². The first-order valence-electron chi connectivity index (χ1n) is 4.09. The van der Waals surface area contributed by atoms with Crippen LogP contribution in [0.4, 0.5) is 10.1 Å². The molecule has 0 aliphatic rings. The van der Waals surface area contributed by atoms with Gasteiger partial charge < -0.3 is 15.8 Å². The molecule has 0 saturated heterocycles. The standard InChI is InChI=1S/C10H11FN2O/c11-9-3-1-2-4-10(9)13-6-8(5-12)7-14/h1-6,12-14H,7H2/b8-6+,12-5?. The first-order valence-corrected chi connectivity index (χ1v) is 4.09.